The van der Waals surface area contributed by atoms with Crippen LogP contribution in [0.2, 0.25) is 0 Å². The van der Waals surface area contributed by atoms with E-state index >= 15 is 0 Å². The van der Waals surface area contributed by atoms with Gasteiger partial charge < -0.3 is 10.2 Å². The summed E-state index contributed by atoms with van der Waals surface area (Å²) in [5.41, 5.74) is 1.86. The van der Waals surface area contributed by atoms with Crippen molar-refractivity contribution in [2.45, 2.75) is 11.8 Å². The van der Waals surface area contributed by atoms with E-state index in [1.807, 2.05) is 21.0 Å². The molecule has 2 rings (SSSR count). The second-order valence-corrected chi connectivity index (χ2v) is 7.26. The van der Waals surface area contributed by atoms with Gasteiger partial charge in [0.05, 0.1) is 16.8 Å². The molecule has 23 heavy (non-hydrogen) atoms. The lowest BCUT2D eigenvalue weighted by molar-refractivity contribution is 0.425. The van der Waals surface area contributed by atoms with Crippen LogP contribution in [0, 0.1) is 6.92 Å². The van der Waals surface area contributed by atoms with Gasteiger partial charge in [-0.3, -0.25) is 4.72 Å². The SMILES string of the molecule is Cc1ccc(S(=O)(=O)Nc2ccc(NCCN(C)C)cn2)cc1. The van der Waals surface area contributed by atoms with Crippen molar-refractivity contribution < 1.29 is 8.42 Å². The molecule has 2 N–H and O–H groups in total. The van der Waals surface area contributed by atoms with Gasteiger partial charge in [0, 0.05) is 13.1 Å². The lowest BCUT2D eigenvalue weighted by Gasteiger charge is -2.12. The Kier molecular flexibility index (Phi) is 5.57. The molecule has 0 saturated carbocycles. The summed E-state index contributed by atoms with van der Waals surface area (Å²) >= 11 is 0. The van der Waals surface area contributed by atoms with E-state index in [0.717, 1.165) is 24.3 Å². The zero-order valence-corrected chi connectivity index (χ0v) is 14.4. The topological polar surface area (TPSA) is 74.3 Å². The lowest BCUT2D eigenvalue weighted by atomic mass is 10.2. The van der Waals surface area contributed by atoms with Crippen LogP contribution < -0.4 is 10.0 Å². The molecule has 0 amide bonds. The molecule has 2 aromatic rings. The molecule has 0 unspecified atom stereocenters. The van der Waals surface area contributed by atoms with Gasteiger partial charge in [0.25, 0.3) is 10.0 Å². The van der Waals surface area contributed by atoms with E-state index in [-0.39, 0.29) is 4.90 Å². The second kappa shape index (κ2) is 7.43. The maximum atomic E-state index is 12.3. The molecule has 0 atom stereocenters. The number of rotatable bonds is 7. The summed E-state index contributed by atoms with van der Waals surface area (Å²) in [5, 5.41) is 3.22. The number of hydrogen-bond donors (Lipinski definition) is 2. The molecule has 0 saturated heterocycles. The number of likely N-dealkylation sites (N-methyl/N-ethyl adjacent to an activating group) is 1. The highest BCUT2D eigenvalue weighted by atomic mass is 32.2. The Bertz CT molecular complexity index is 726. The van der Waals surface area contributed by atoms with Crippen molar-refractivity contribution in [1.82, 2.24) is 9.88 Å². The van der Waals surface area contributed by atoms with E-state index in [0.29, 0.717) is 5.82 Å². The summed E-state index contributed by atoms with van der Waals surface area (Å²) in [4.78, 5) is 6.43. The predicted octanol–water partition coefficient (Wildman–Crippen LogP) is 2.16. The van der Waals surface area contributed by atoms with Crippen molar-refractivity contribution in [2.24, 2.45) is 0 Å². The third kappa shape index (κ3) is 5.22. The maximum Gasteiger partial charge on any atom is 0.263 e. The minimum atomic E-state index is -3.61. The van der Waals surface area contributed by atoms with E-state index in [4.69, 9.17) is 0 Å². The van der Waals surface area contributed by atoms with E-state index in [2.05, 4.69) is 19.9 Å². The Morgan fingerprint density at radius 1 is 1.09 bits per heavy atom. The fraction of sp³-hybridized carbons (Fsp3) is 0.312. The number of anilines is 2. The molecular weight excluding hydrogens is 312 g/mol. The van der Waals surface area contributed by atoms with Gasteiger partial charge in [0.1, 0.15) is 5.82 Å². The van der Waals surface area contributed by atoms with Gasteiger partial charge in [-0.15, -0.1) is 0 Å². The Morgan fingerprint density at radius 2 is 1.78 bits per heavy atom. The fourth-order valence-corrected chi connectivity index (χ4v) is 2.90. The first-order valence-electron chi connectivity index (χ1n) is 7.31. The Balaban J connectivity index is 2.01. The number of sulfonamides is 1. The van der Waals surface area contributed by atoms with Gasteiger partial charge in [-0.2, -0.15) is 0 Å². The predicted molar refractivity (Wildman–Crippen MR) is 93.3 cm³/mol. The first-order valence-corrected chi connectivity index (χ1v) is 8.79. The fourth-order valence-electron chi connectivity index (χ4n) is 1.90. The summed E-state index contributed by atoms with van der Waals surface area (Å²) in [6.07, 6.45) is 1.61. The van der Waals surface area contributed by atoms with Crippen LogP contribution in [0.5, 0.6) is 0 Å². The number of aromatic nitrogens is 1. The van der Waals surface area contributed by atoms with Crippen molar-refractivity contribution in [3.63, 3.8) is 0 Å². The Morgan fingerprint density at radius 3 is 2.35 bits per heavy atom. The van der Waals surface area contributed by atoms with Gasteiger partial charge in [-0.1, -0.05) is 17.7 Å². The highest BCUT2D eigenvalue weighted by Crippen LogP contribution is 2.16. The van der Waals surface area contributed by atoms with Crippen molar-refractivity contribution >= 4 is 21.5 Å². The lowest BCUT2D eigenvalue weighted by Crippen LogP contribution is -2.20. The third-order valence-electron chi connectivity index (χ3n) is 3.22. The van der Waals surface area contributed by atoms with E-state index in [1.165, 1.54) is 0 Å². The highest BCUT2D eigenvalue weighted by molar-refractivity contribution is 7.92. The monoisotopic (exact) mass is 334 g/mol. The van der Waals surface area contributed by atoms with E-state index in [1.54, 1.807) is 42.6 Å². The third-order valence-corrected chi connectivity index (χ3v) is 4.59. The van der Waals surface area contributed by atoms with E-state index < -0.39 is 10.0 Å². The minimum Gasteiger partial charge on any atom is -0.383 e. The number of aryl methyl sites for hydroxylation is 1. The Labute approximate surface area is 137 Å². The zero-order valence-electron chi connectivity index (χ0n) is 13.6. The molecular formula is C16H22N4O2S. The van der Waals surface area contributed by atoms with Crippen LogP contribution in [0.15, 0.2) is 47.5 Å². The molecule has 0 aliphatic rings. The number of hydrogen-bond acceptors (Lipinski definition) is 5. The molecule has 0 spiro atoms. The van der Waals surface area contributed by atoms with Crippen molar-refractivity contribution in [3.05, 3.63) is 48.2 Å². The smallest absolute Gasteiger partial charge is 0.263 e. The average Bonchev–Trinajstić information content (AvgIpc) is 2.49. The average molecular weight is 334 g/mol. The molecule has 6 nitrogen and oxygen atoms in total. The molecule has 0 radical (unpaired) electrons. The summed E-state index contributed by atoms with van der Waals surface area (Å²) in [5.74, 6) is 0.295. The summed E-state index contributed by atoms with van der Waals surface area (Å²) in [6.45, 7) is 3.61. The molecule has 1 heterocycles. The maximum absolute atomic E-state index is 12.3. The molecule has 1 aromatic heterocycles. The van der Waals surface area contributed by atoms with Gasteiger partial charge >= 0.3 is 0 Å². The van der Waals surface area contributed by atoms with Crippen molar-refractivity contribution in [2.75, 3.05) is 37.2 Å². The minimum absolute atomic E-state index is 0.220. The first-order chi connectivity index (χ1) is 10.9. The van der Waals surface area contributed by atoms with Crippen molar-refractivity contribution in [3.8, 4) is 0 Å². The molecule has 0 aliphatic carbocycles. The largest absolute Gasteiger partial charge is 0.383 e. The van der Waals surface area contributed by atoms with Gasteiger partial charge in [-0.25, -0.2) is 13.4 Å². The number of nitrogens with zero attached hydrogens (tertiary/aromatic N) is 2. The number of pyridine rings is 1. The first kappa shape index (κ1) is 17.2. The highest BCUT2D eigenvalue weighted by Gasteiger charge is 2.14. The molecule has 0 bridgehead atoms. The molecule has 0 fully saturated rings. The van der Waals surface area contributed by atoms with Crippen molar-refractivity contribution in [1.29, 1.82) is 0 Å². The summed E-state index contributed by atoms with van der Waals surface area (Å²) < 4.78 is 27.0. The molecule has 1 aromatic carbocycles. The van der Waals surface area contributed by atoms with E-state index in [9.17, 15) is 8.42 Å². The summed E-state index contributed by atoms with van der Waals surface area (Å²) in [7, 11) is 0.395. The molecule has 124 valence electrons. The summed E-state index contributed by atoms with van der Waals surface area (Å²) in [6, 6.07) is 10.1. The quantitative estimate of drug-likeness (QED) is 0.812. The van der Waals surface area contributed by atoms with Crippen LogP contribution >= 0.6 is 0 Å². The molecule has 0 aliphatic heterocycles. The van der Waals surface area contributed by atoms with Crippen LogP contribution in [0.4, 0.5) is 11.5 Å². The zero-order chi connectivity index (χ0) is 16.9. The van der Waals surface area contributed by atoms with Gasteiger partial charge in [0.15, 0.2) is 0 Å². The van der Waals surface area contributed by atoms with Crippen LogP contribution in [-0.2, 0) is 10.0 Å². The van der Waals surface area contributed by atoms with Gasteiger partial charge in [-0.05, 0) is 45.3 Å². The normalized spacial score (nSPS) is 11.5. The number of nitrogens with one attached hydrogen (secondary N) is 2. The van der Waals surface area contributed by atoms with Crippen LogP contribution in [0.3, 0.4) is 0 Å². The standard InChI is InChI=1S/C16H22N4O2S/c1-13-4-7-15(8-5-13)23(21,22)19-16-9-6-14(12-18-16)17-10-11-20(2)3/h4-9,12,17H,10-11H2,1-3H3,(H,18,19). The van der Waals surface area contributed by atoms with Crippen LogP contribution in [0.1, 0.15) is 5.56 Å². The van der Waals surface area contributed by atoms with Gasteiger partial charge in [0.2, 0.25) is 0 Å². The Hall–Kier alpha value is -2.12. The second-order valence-electron chi connectivity index (χ2n) is 5.58. The molecule has 7 heteroatoms. The van der Waals surface area contributed by atoms with Crippen LogP contribution in [0.25, 0.3) is 0 Å². The van der Waals surface area contributed by atoms with Crippen LogP contribution in [-0.4, -0.2) is 45.5 Å². The number of benzene rings is 1.